The van der Waals surface area contributed by atoms with Crippen molar-refractivity contribution in [2.45, 2.75) is 38.3 Å². The van der Waals surface area contributed by atoms with Gasteiger partial charge in [0.15, 0.2) is 0 Å². The van der Waals surface area contributed by atoms with Crippen LogP contribution in [0, 0.1) is 0 Å². The van der Waals surface area contributed by atoms with Crippen molar-refractivity contribution < 1.29 is 14.4 Å². The number of para-hydroxylation sites is 1. The van der Waals surface area contributed by atoms with Crippen LogP contribution in [0.3, 0.4) is 0 Å². The summed E-state index contributed by atoms with van der Waals surface area (Å²) in [5.41, 5.74) is 4.14. The van der Waals surface area contributed by atoms with Crippen molar-refractivity contribution in [3.8, 4) is 0 Å². The highest BCUT2D eigenvalue weighted by atomic mass is 16.2. The molecule has 2 aromatic rings. The van der Waals surface area contributed by atoms with Crippen molar-refractivity contribution in [3.63, 3.8) is 0 Å². The summed E-state index contributed by atoms with van der Waals surface area (Å²) in [7, 11) is 1.78. The summed E-state index contributed by atoms with van der Waals surface area (Å²) < 4.78 is 0. The average molecular weight is 403 g/mol. The number of carbonyl (C=O) groups excluding carboxylic acids is 3. The van der Waals surface area contributed by atoms with Crippen molar-refractivity contribution >= 4 is 23.4 Å². The molecule has 0 aliphatic carbocycles. The molecule has 1 N–H and O–H groups in total. The number of hydrogen-bond acceptors (Lipinski definition) is 3. The second kappa shape index (κ2) is 8.14. The molecule has 1 saturated heterocycles. The number of aryl methyl sites for hydroxylation is 1. The van der Waals surface area contributed by atoms with Crippen LogP contribution in [-0.2, 0) is 22.6 Å². The number of nitrogens with one attached hydrogen (secondary N) is 1. The Morgan fingerprint density at radius 3 is 2.70 bits per heavy atom. The van der Waals surface area contributed by atoms with E-state index >= 15 is 0 Å². The molecule has 2 aliphatic heterocycles. The first-order chi connectivity index (χ1) is 14.4. The molecule has 30 heavy (non-hydrogen) atoms. The fraction of sp³-hybridized carbons (Fsp3) is 0.292. The zero-order valence-electron chi connectivity index (χ0n) is 17.1. The molecule has 2 aliphatic rings. The molecule has 0 bridgehead atoms. The van der Waals surface area contributed by atoms with E-state index in [-0.39, 0.29) is 17.7 Å². The van der Waals surface area contributed by atoms with E-state index in [0.29, 0.717) is 43.5 Å². The number of carbonyl (C=O) groups is 3. The summed E-state index contributed by atoms with van der Waals surface area (Å²) >= 11 is 0. The van der Waals surface area contributed by atoms with Crippen LogP contribution >= 0.6 is 0 Å². The smallest absolute Gasteiger partial charge is 0.255 e. The van der Waals surface area contributed by atoms with Gasteiger partial charge in [-0.1, -0.05) is 36.9 Å². The van der Waals surface area contributed by atoms with Gasteiger partial charge in [-0.25, -0.2) is 0 Å². The Bertz CT molecular complexity index is 1020. The highest BCUT2D eigenvalue weighted by Gasteiger charge is 2.38. The number of hydrogen-bond donors (Lipinski definition) is 1. The van der Waals surface area contributed by atoms with Crippen molar-refractivity contribution in [1.29, 1.82) is 0 Å². The monoisotopic (exact) mass is 403 g/mol. The van der Waals surface area contributed by atoms with Crippen LogP contribution in [0.1, 0.15) is 40.7 Å². The maximum absolute atomic E-state index is 12.8. The van der Waals surface area contributed by atoms with Gasteiger partial charge in [-0.05, 0) is 48.6 Å². The number of nitrogens with zero attached hydrogens (tertiary/aromatic N) is 2. The van der Waals surface area contributed by atoms with Crippen LogP contribution in [0.5, 0.6) is 0 Å². The first-order valence-corrected chi connectivity index (χ1v) is 10.2. The number of amides is 3. The lowest BCUT2D eigenvalue weighted by Gasteiger charge is -2.30. The number of allylic oxidation sites excluding steroid dienone is 1. The largest absolute Gasteiger partial charge is 0.329 e. The summed E-state index contributed by atoms with van der Waals surface area (Å²) in [4.78, 5) is 41.0. The number of rotatable bonds is 5. The van der Waals surface area contributed by atoms with E-state index in [1.807, 2.05) is 48.5 Å². The Morgan fingerprint density at radius 2 is 1.97 bits per heavy atom. The van der Waals surface area contributed by atoms with Gasteiger partial charge in [-0.3, -0.25) is 14.4 Å². The van der Waals surface area contributed by atoms with Gasteiger partial charge in [0.25, 0.3) is 5.91 Å². The van der Waals surface area contributed by atoms with Crippen LogP contribution in [0.15, 0.2) is 60.8 Å². The third kappa shape index (κ3) is 3.85. The minimum atomic E-state index is -0.458. The summed E-state index contributed by atoms with van der Waals surface area (Å²) in [6.45, 7) is 4.22. The molecule has 0 radical (unpaired) electrons. The summed E-state index contributed by atoms with van der Waals surface area (Å²) in [6.07, 6.45) is 2.26. The molecule has 4 rings (SSSR count). The fourth-order valence-corrected chi connectivity index (χ4v) is 4.08. The van der Waals surface area contributed by atoms with E-state index in [2.05, 4.69) is 11.9 Å². The van der Waals surface area contributed by atoms with Gasteiger partial charge >= 0.3 is 0 Å². The van der Waals surface area contributed by atoms with Gasteiger partial charge in [0.1, 0.15) is 6.04 Å². The fourth-order valence-electron chi connectivity index (χ4n) is 4.08. The SMILES string of the molecule is C=C1CCC(N2Cc3cc(CCC(=O)N(C)c4ccccc4)ccc3C2=O)C(=O)N1. The molecule has 0 spiro atoms. The van der Waals surface area contributed by atoms with E-state index in [1.165, 1.54) is 0 Å². The molecule has 1 atom stereocenters. The van der Waals surface area contributed by atoms with Crippen molar-refractivity contribution in [2.24, 2.45) is 0 Å². The molecular formula is C24H25N3O3. The number of anilines is 1. The molecule has 2 heterocycles. The molecule has 2 aromatic carbocycles. The van der Waals surface area contributed by atoms with Crippen LogP contribution in [0.25, 0.3) is 0 Å². The maximum Gasteiger partial charge on any atom is 0.255 e. The molecule has 3 amide bonds. The predicted octanol–water partition coefficient (Wildman–Crippen LogP) is 3.03. The lowest BCUT2D eigenvalue weighted by atomic mass is 10.0. The topological polar surface area (TPSA) is 69.7 Å². The minimum Gasteiger partial charge on any atom is -0.329 e. The quantitative estimate of drug-likeness (QED) is 0.834. The van der Waals surface area contributed by atoms with Gasteiger partial charge < -0.3 is 15.1 Å². The van der Waals surface area contributed by atoms with Crippen molar-refractivity contribution in [2.75, 3.05) is 11.9 Å². The molecule has 0 aromatic heterocycles. The third-order valence-electron chi connectivity index (χ3n) is 5.85. The molecule has 6 nitrogen and oxygen atoms in total. The first-order valence-electron chi connectivity index (χ1n) is 10.2. The predicted molar refractivity (Wildman–Crippen MR) is 115 cm³/mol. The summed E-state index contributed by atoms with van der Waals surface area (Å²) in [5.74, 6) is -0.232. The molecule has 6 heteroatoms. The van der Waals surface area contributed by atoms with Gasteiger partial charge in [0, 0.05) is 37.0 Å². The Kier molecular flexibility index (Phi) is 5.40. The normalized spacial score (nSPS) is 18.2. The maximum atomic E-state index is 12.8. The second-order valence-corrected chi connectivity index (χ2v) is 7.86. The highest BCUT2D eigenvalue weighted by Crippen LogP contribution is 2.29. The molecule has 0 saturated carbocycles. The highest BCUT2D eigenvalue weighted by molar-refractivity contribution is 6.01. The zero-order chi connectivity index (χ0) is 21.3. The minimum absolute atomic E-state index is 0.0403. The van der Waals surface area contributed by atoms with Gasteiger partial charge in [0.2, 0.25) is 11.8 Å². The van der Waals surface area contributed by atoms with Crippen LogP contribution in [-0.4, -0.2) is 35.7 Å². The molecular weight excluding hydrogens is 378 g/mol. The van der Waals surface area contributed by atoms with E-state index in [9.17, 15) is 14.4 Å². The van der Waals surface area contributed by atoms with Crippen LogP contribution in [0.2, 0.25) is 0 Å². The van der Waals surface area contributed by atoms with Crippen molar-refractivity contribution in [3.05, 3.63) is 77.5 Å². The number of benzene rings is 2. The lowest BCUT2D eigenvalue weighted by molar-refractivity contribution is -0.126. The number of piperidine rings is 1. The standard InChI is InChI=1S/C24H25N3O3/c1-16-8-12-21(23(29)25-16)27-15-18-14-17(9-11-20(18)24(27)30)10-13-22(28)26(2)19-6-4-3-5-7-19/h3-7,9,11,14,21H,1,8,10,12-13,15H2,2H3,(H,25,29). The molecule has 1 unspecified atom stereocenters. The van der Waals surface area contributed by atoms with Crippen molar-refractivity contribution in [1.82, 2.24) is 10.2 Å². The van der Waals surface area contributed by atoms with Gasteiger partial charge in [-0.2, -0.15) is 0 Å². The van der Waals surface area contributed by atoms with E-state index in [1.54, 1.807) is 16.8 Å². The lowest BCUT2D eigenvalue weighted by Crippen LogP contribution is -2.49. The van der Waals surface area contributed by atoms with E-state index in [0.717, 1.165) is 16.8 Å². The Morgan fingerprint density at radius 1 is 1.20 bits per heavy atom. The third-order valence-corrected chi connectivity index (χ3v) is 5.85. The first kappa shape index (κ1) is 19.9. The Balaban J connectivity index is 1.41. The van der Waals surface area contributed by atoms with E-state index in [4.69, 9.17) is 0 Å². The average Bonchev–Trinajstić information content (AvgIpc) is 3.07. The Labute approximate surface area is 176 Å². The van der Waals surface area contributed by atoms with Gasteiger partial charge in [-0.15, -0.1) is 0 Å². The van der Waals surface area contributed by atoms with Crippen LogP contribution < -0.4 is 10.2 Å². The van der Waals surface area contributed by atoms with Gasteiger partial charge in [0.05, 0.1) is 0 Å². The second-order valence-electron chi connectivity index (χ2n) is 7.86. The van der Waals surface area contributed by atoms with Crippen LogP contribution in [0.4, 0.5) is 5.69 Å². The molecule has 1 fully saturated rings. The summed E-state index contributed by atoms with van der Waals surface area (Å²) in [5, 5.41) is 2.75. The zero-order valence-corrected chi connectivity index (χ0v) is 17.1. The van der Waals surface area contributed by atoms with E-state index < -0.39 is 6.04 Å². The number of fused-ring (bicyclic) bond motifs is 1. The summed E-state index contributed by atoms with van der Waals surface area (Å²) in [6, 6.07) is 14.8. The molecule has 154 valence electrons. The Hall–Kier alpha value is -3.41.